The Kier molecular flexibility index (Phi) is 8.91. The van der Waals surface area contributed by atoms with Gasteiger partial charge in [0.2, 0.25) is 0 Å². The molecule has 4 rings (SSSR count). The van der Waals surface area contributed by atoms with Crippen LogP contribution in [0.3, 0.4) is 0 Å². The number of carbonyl (C=O) groups excluding carboxylic acids is 2. The summed E-state index contributed by atoms with van der Waals surface area (Å²) in [4.78, 5) is 37.0. The van der Waals surface area contributed by atoms with E-state index in [0.29, 0.717) is 46.5 Å². The van der Waals surface area contributed by atoms with Crippen molar-refractivity contribution in [1.29, 1.82) is 0 Å². The van der Waals surface area contributed by atoms with Crippen molar-refractivity contribution in [2.75, 3.05) is 39.2 Å². The van der Waals surface area contributed by atoms with Crippen molar-refractivity contribution in [3.63, 3.8) is 0 Å². The lowest BCUT2D eigenvalue weighted by molar-refractivity contribution is -0.134. The van der Waals surface area contributed by atoms with E-state index in [1.165, 1.54) is 24.3 Å². The van der Waals surface area contributed by atoms with Gasteiger partial charge in [-0.15, -0.1) is 0 Å². The Balaban J connectivity index is 1.49. The van der Waals surface area contributed by atoms with Gasteiger partial charge in [0.25, 0.3) is 11.8 Å². The largest absolute Gasteiger partial charge is 0.483 e. The Hall–Kier alpha value is -3.56. The predicted molar refractivity (Wildman–Crippen MR) is 136 cm³/mol. The number of anilines is 1. The van der Waals surface area contributed by atoms with Crippen molar-refractivity contribution in [3.8, 4) is 5.75 Å². The summed E-state index contributed by atoms with van der Waals surface area (Å²) in [6, 6.07) is 4.13. The molecule has 1 aromatic carbocycles. The number of nitrogens with zero attached hydrogens (tertiary/aromatic N) is 4. The zero-order chi connectivity index (χ0) is 27.2. The first kappa shape index (κ1) is 27.5. The molecule has 14 nitrogen and oxygen atoms in total. The topological polar surface area (TPSA) is 188 Å². The maximum Gasteiger partial charge on any atom is 0.258 e. The van der Waals surface area contributed by atoms with Gasteiger partial charge in [-0.05, 0) is 18.2 Å². The average molecular weight is 549 g/mol. The number of hydrogen-bond donors (Lipinski definition) is 5. The fourth-order valence-corrected chi connectivity index (χ4v) is 4.15. The lowest BCUT2D eigenvalue weighted by atomic mass is 10.1. The van der Waals surface area contributed by atoms with Gasteiger partial charge in [0.05, 0.1) is 19.0 Å². The third-order valence-corrected chi connectivity index (χ3v) is 6.15. The first-order chi connectivity index (χ1) is 18.3. The molecular formula is C23H29ClN8O6. The van der Waals surface area contributed by atoms with Crippen LogP contribution in [0.5, 0.6) is 5.75 Å². The molecule has 3 heterocycles. The maximum atomic E-state index is 12.1. The molecule has 1 saturated heterocycles. The molecule has 3 aromatic rings. The number of likely N-dealkylation sites (N-methyl/N-ethyl adjacent to an activating group) is 1. The lowest BCUT2D eigenvalue weighted by Gasteiger charge is -2.17. The molecule has 204 valence electrons. The zero-order valence-electron chi connectivity index (χ0n) is 20.8. The Morgan fingerprint density at radius 3 is 2.87 bits per heavy atom. The molecule has 0 bridgehead atoms. The number of methoxy groups -OCH3 is 1. The number of hydrogen-bond acceptors (Lipinski definition) is 11. The summed E-state index contributed by atoms with van der Waals surface area (Å²) >= 11 is 6.19. The fourth-order valence-electron chi connectivity index (χ4n) is 3.96. The van der Waals surface area contributed by atoms with Crippen molar-refractivity contribution in [2.45, 2.75) is 31.0 Å². The van der Waals surface area contributed by atoms with Crippen molar-refractivity contribution >= 4 is 40.4 Å². The fraction of sp³-hybridized carbons (Fsp3) is 0.435. The first-order valence-electron chi connectivity index (χ1n) is 11.7. The van der Waals surface area contributed by atoms with Crippen LogP contribution in [0.4, 0.5) is 5.82 Å². The molecule has 2 amide bonds. The van der Waals surface area contributed by atoms with E-state index < -0.39 is 30.4 Å². The average Bonchev–Trinajstić information content (AvgIpc) is 3.47. The Labute approximate surface area is 222 Å². The summed E-state index contributed by atoms with van der Waals surface area (Å²) in [5.74, 6) is 0.147. The third-order valence-electron chi connectivity index (χ3n) is 5.92. The summed E-state index contributed by atoms with van der Waals surface area (Å²) < 4.78 is 17.9. The van der Waals surface area contributed by atoms with E-state index >= 15 is 0 Å². The lowest BCUT2D eigenvalue weighted by Crippen LogP contribution is -2.46. The molecule has 0 unspecified atom stereocenters. The standard InChI is InChI=1S/C23H29ClN8O6/c1-26-22(35)19-16(25)18(34)23(38-19)32-11-31-17-20(29-10-30-21(17)32)28-8-12-7-13(24)3-4-14(12)37-9-15(33)27-5-6-36-2/h3-4,7,10-11,16,18-19,23,34H,5-6,8-9,25H2,1-2H3,(H,26,35)(H,27,33)(H,28,29,30)/t16-,18+,19-,23+/m0/s1. The highest BCUT2D eigenvalue weighted by Crippen LogP contribution is 2.32. The van der Waals surface area contributed by atoms with Crippen LogP contribution in [0.15, 0.2) is 30.9 Å². The Bertz CT molecular complexity index is 1290. The second kappa shape index (κ2) is 12.3. The molecule has 15 heteroatoms. The summed E-state index contributed by atoms with van der Waals surface area (Å²) in [5.41, 5.74) is 7.47. The minimum Gasteiger partial charge on any atom is -0.483 e. The number of ether oxygens (including phenoxy) is 3. The molecule has 1 fully saturated rings. The number of aromatic nitrogens is 4. The van der Waals surface area contributed by atoms with E-state index in [4.69, 9.17) is 31.5 Å². The van der Waals surface area contributed by atoms with Crippen LogP contribution in [-0.4, -0.2) is 88.6 Å². The molecule has 6 N–H and O–H groups in total. The van der Waals surface area contributed by atoms with E-state index in [-0.39, 0.29) is 19.1 Å². The first-order valence-corrected chi connectivity index (χ1v) is 12.1. The van der Waals surface area contributed by atoms with Gasteiger partial charge >= 0.3 is 0 Å². The number of fused-ring (bicyclic) bond motifs is 1. The minimum absolute atomic E-state index is 0.177. The van der Waals surface area contributed by atoms with Gasteiger partial charge in [0, 0.05) is 37.8 Å². The second-order valence-corrected chi connectivity index (χ2v) is 8.85. The van der Waals surface area contributed by atoms with Crippen molar-refractivity contribution < 1.29 is 28.9 Å². The quantitative estimate of drug-likeness (QED) is 0.195. The van der Waals surface area contributed by atoms with Crippen LogP contribution in [0, 0.1) is 0 Å². The number of halogens is 1. The number of amides is 2. The van der Waals surface area contributed by atoms with Gasteiger partial charge in [0.15, 0.2) is 35.9 Å². The molecule has 0 spiro atoms. The molecule has 0 radical (unpaired) electrons. The van der Waals surface area contributed by atoms with E-state index in [1.54, 1.807) is 25.3 Å². The van der Waals surface area contributed by atoms with Gasteiger partial charge in [-0.2, -0.15) is 0 Å². The zero-order valence-corrected chi connectivity index (χ0v) is 21.5. The number of aliphatic hydroxyl groups is 1. The highest BCUT2D eigenvalue weighted by molar-refractivity contribution is 6.30. The number of nitrogens with two attached hydrogens (primary N) is 1. The van der Waals surface area contributed by atoms with E-state index in [2.05, 4.69) is 30.9 Å². The Morgan fingerprint density at radius 2 is 2.11 bits per heavy atom. The maximum absolute atomic E-state index is 12.1. The third kappa shape index (κ3) is 5.95. The molecule has 38 heavy (non-hydrogen) atoms. The molecular weight excluding hydrogens is 520 g/mol. The number of aliphatic hydroxyl groups excluding tert-OH is 1. The highest BCUT2D eigenvalue weighted by Gasteiger charge is 2.46. The second-order valence-electron chi connectivity index (χ2n) is 8.41. The van der Waals surface area contributed by atoms with Crippen LogP contribution in [0.1, 0.15) is 11.8 Å². The molecule has 2 aromatic heterocycles. The van der Waals surface area contributed by atoms with E-state index in [9.17, 15) is 14.7 Å². The highest BCUT2D eigenvalue weighted by atomic mass is 35.5. The van der Waals surface area contributed by atoms with Crippen LogP contribution >= 0.6 is 11.6 Å². The number of nitrogens with one attached hydrogen (secondary N) is 3. The van der Waals surface area contributed by atoms with Gasteiger partial charge in [-0.3, -0.25) is 14.2 Å². The van der Waals surface area contributed by atoms with Gasteiger partial charge in [-0.1, -0.05) is 11.6 Å². The SMILES string of the molecule is CNC(=O)[C@H]1O[C@@H](n2cnc3c(NCc4cc(Cl)ccc4OCC(=O)NCCOC)ncnc32)[C@H](O)[C@@H]1N. The normalized spacial score (nSPS) is 20.9. The Morgan fingerprint density at radius 1 is 1.29 bits per heavy atom. The van der Waals surface area contributed by atoms with E-state index in [1.807, 2.05) is 0 Å². The van der Waals surface area contributed by atoms with Crippen LogP contribution in [0.2, 0.25) is 5.02 Å². The summed E-state index contributed by atoms with van der Waals surface area (Å²) in [6.07, 6.45) is -0.393. The van der Waals surface area contributed by atoms with Crippen molar-refractivity contribution in [1.82, 2.24) is 30.2 Å². The van der Waals surface area contributed by atoms with Crippen LogP contribution in [0.25, 0.3) is 11.2 Å². The van der Waals surface area contributed by atoms with Crippen LogP contribution in [-0.2, 0) is 25.6 Å². The predicted octanol–water partition coefficient (Wildman–Crippen LogP) is -0.435. The van der Waals surface area contributed by atoms with Crippen LogP contribution < -0.4 is 26.4 Å². The number of imidazole rings is 1. The number of rotatable bonds is 11. The van der Waals surface area contributed by atoms with Gasteiger partial charge in [-0.25, -0.2) is 15.0 Å². The summed E-state index contributed by atoms with van der Waals surface area (Å²) in [7, 11) is 3.01. The molecule has 0 aliphatic carbocycles. The number of carbonyl (C=O) groups is 2. The molecule has 1 aliphatic rings. The number of benzene rings is 1. The van der Waals surface area contributed by atoms with Crippen molar-refractivity contribution in [3.05, 3.63) is 41.4 Å². The van der Waals surface area contributed by atoms with Gasteiger partial charge in [0.1, 0.15) is 18.2 Å². The smallest absolute Gasteiger partial charge is 0.258 e. The molecule has 1 aliphatic heterocycles. The van der Waals surface area contributed by atoms with Gasteiger partial charge < -0.3 is 41.0 Å². The van der Waals surface area contributed by atoms with E-state index in [0.717, 1.165) is 0 Å². The minimum atomic E-state index is -1.17. The van der Waals surface area contributed by atoms with Crippen molar-refractivity contribution in [2.24, 2.45) is 5.73 Å². The summed E-state index contributed by atoms with van der Waals surface area (Å²) in [6.45, 7) is 0.847. The summed E-state index contributed by atoms with van der Waals surface area (Å²) in [5, 5.41) is 19.5. The molecule has 0 saturated carbocycles. The monoisotopic (exact) mass is 548 g/mol. The molecule has 4 atom stereocenters.